The molecule has 1 aromatic carbocycles. The second kappa shape index (κ2) is 8.74. The molecule has 3 atom stereocenters. The van der Waals surface area contributed by atoms with Gasteiger partial charge in [0, 0.05) is 32.0 Å². The first-order chi connectivity index (χ1) is 16.3. The fourth-order valence-electron chi connectivity index (χ4n) is 4.71. The summed E-state index contributed by atoms with van der Waals surface area (Å²) in [5.74, 6) is 1.00. The number of benzene rings is 1. The van der Waals surface area contributed by atoms with Gasteiger partial charge in [-0.25, -0.2) is 14.4 Å². The monoisotopic (exact) mass is 502 g/mol. The number of rotatable bonds is 6. The van der Waals surface area contributed by atoms with Crippen LogP contribution in [0.4, 0.5) is 16.0 Å². The van der Waals surface area contributed by atoms with Gasteiger partial charge in [0.25, 0.3) is 11.5 Å². The molecule has 1 aliphatic carbocycles. The molecule has 1 amide bonds. The maximum Gasteiger partial charge on any atom is 0.281 e. The smallest absolute Gasteiger partial charge is 0.281 e. The summed E-state index contributed by atoms with van der Waals surface area (Å²) in [4.78, 5) is 36.8. The Balaban J connectivity index is 1.56. The Morgan fingerprint density at radius 2 is 2.00 bits per heavy atom. The molecule has 11 heteroatoms. The van der Waals surface area contributed by atoms with E-state index in [4.69, 9.17) is 16.6 Å². The van der Waals surface area contributed by atoms with E-state index in [-0.39, 0.29) is 21.8 Å². The number of hydrogen-bond acceptors (Lipinski definition) is 7. The van der Waals surface area contributed by atoms with Crippen molar-refractivity contribution < 1.29 is 9.18 Å². The highest BCUT2D eigenvalue weighted by Crippen LogP contribution is 2.46. The number of nitrogens with one attached hydrogen (secondary N) is 2. The average Bonchev–Trinajstić information content (AvgIpc) is 3.42. The number of amides is 1. The third kappa shape index (κ3) is 4.09. The van der Waals surface area contributed by atoms with Gasteiger partial charge in [-0.1, -0.05) is 23.5 Å². The number of fused-ring (bicyclic) bond motifs is 2. The normalized spacial score (nSPS) is 19.7. The van der Waals surface area contributed by atoms with Crippen LogP contribution in [-0.4, -0.2) is 39.8 Å². The van der Waals surface area contributed by atoms with Crippen molar-refractivity contribution in [2.45, 2.75) is 19.4 Å². The molecule has 34 heavy (non-hydrogen) atoms. The molecule has 5 rings (SSSR count). The molecule has 0 spiro atoms. The molecule has 8 nitrogen and oxygen atoms in total. The predicted octanol–water partition coefficient (Wildman–Crippen LogP) is 3.76. The molecule has 178 valence electrons. The molecule has 3 aromatic rings. The zero-order valence-corrected chi connectivity index (χ0v) is 20.5. The summed E-state index contributed by atoms with van der Waals surface area (Å²) in [5, 5.41) is 3.63. The lowest BCUT2D eigenvalue weighted by Gasteiger charge is -2.24. The van der Waals surface area contributed by atoms with Gasteiger partial charge < -0.3 is 10.2 Å². The van der Waals surface area contributed by atoms with Crippen LogP contribution in [0.5, 0.6) is 0 Å². The second-order valence-electron chi connectivity index (χ2n) is 8.86. The second-order valence-corrected chi connectivity index (χ2v) is 9.86. The van der Waals surface area contributed by atoms with Gasteiger partial charge in [-0.15, -0.1) is 0 Å². The first kappa shape index (κ1) is 22.9. The average molecular weight is 503 g/mol. The highest BCUT2D eigenvalue weighted by atomic mass is 35.5. The van der Waals surface area contributed by atoms with Crippen LogP contribution >= 0.6 is 23.5 Å². The number of hydrogen-bond donors (Lipinski definition) is 2. The summed E-state index contributed by atoms with van der Waals surface area (Å²) in [7, 11) is 1.68. The number of carbonyl (C=O) groups is 1. The summed E-state index contributed by atoms with van der Waals surface area (Å²) >= 11 is 7.16. The largest absolute Gasteiger partial charge is 0.377 e. The van der Waals surface area contributed by atoms with Crippen LogP contribution < -0.4 is 20.5 Å². The highest BCUT2D eigenvalue weighted by molar-refractivity contribution is 7.97. The quantitative estimate of drug-likeness (QED) is 0.391. The molecule has 3 unspecified atom stereocenters. The molecular formula is C23H24ClFN6O2S. The van der Waals surface area contributed by atoms with Gasteiger partial charge in [0.15, 0.2) is 5.69 Å². The fourth-order valence-corrected chi connectivity index (χ4v) is 5.14. The zero-order chi connectivity index (χ0) is 24.1. The molecule has 0 radical (unpaired) electrons. The number of nitrogens with zero attached hydrogens (tertiary/aromatic N) is 4. The van der Waals surface area contributed by atoms with Crippen molar-refractivity contribution in [1.29, 1.82) is 0 Å². The van der Waals surface area contributed by atoms with Gasteiger partial charge in [-0.05, 0) is 49.4 Å². The van der Waals surface area contributed by atoms with Crippen molar-refractivity contribution in [3.63, 3.8) is 0 Å². The molecule has 2 aromatic heterocycles. The van der Waals surface area contributed by atoms with E-state index in [0.29, 0.717) is 34.6 Å². The van der Waals surface area contributed by atoms with Crippen molar-refractivity contribution in [1.82, 2.24) is 19.3 Å². The summed E-state index contributed by atoms with van der Waals surface area (Å²) in [6.45, 7) is 3.58. The van der Waals surface area contributed by atoms with Crippen LogP contribution in [0.25, 0.3) is 10.9 Å². The Hall–Kier alpha value is -2.85. The van der Waals surface area contributed by atoms with Crippen LogP contribution in [0.3, 0.4) is 0 Å². The fraction of sp³-hybridized carbons (Fsp3) is 0.391. The van der Waals surface area contributed by atoms with E-state index in [9.17, 15) is 14.0 Å². The predicted molar refractivity (Wildman–Crippen MR) is 133 cm³/mol. The maximum absolute atomic E-state index is 14.6. The van der Waals surface area contributed by atoms with E-state index in [1.54, 1.807) is 25.4 Å². The molecule has 2 aliphatic rings. The lowest BCUT2D eigenvalue weighted by Crippen LogP contribution is -2.31. The number of aromatic nitrogens is 3. The molecule has 2 fully saturated rings. The maximum atomic E-state index is 14.6. The van der Waals surface area contributed by atoms with Crippen LogP contribution in [0.2, 0.25) is 5.15 Å². The molecule has 2 N–H and O–H groups in total. The number of piperidine rings is 1. The Morgan fingerprint density at radius 3 is 2.71 bits per heavy atom. The topological polar surface area (TPSA) is 92.2 Å². The van der Waals surface area contributed by atoms with Gasteiger partial charge in [-0.2, -0.15) is 0 Å². The van der Waals surface area contributed by atoms with Gasteiger partial charge >= 0.3 is 0 Å². The van der Waals surface area contributed by atoms with Crippen LogP contribution in [0, 0.1) is 17.7 Å². The summed E-state index contributed by atoms with van der Waals surface area (Å²) in [6, 6.07) is 5.34. The first-order valence-corrected chi connectivity index (χ1v) is 12.6. The number of halogens is 2. The Morgan fingerprint density at radius 1 is 1.26 bits per heavy atom. The van der Waals surface area contributed by atoms with Gasteiger partial charge in [0.1, 0.15) is 11.0 Å². The van der Waals surface area contributed by atoms with E-state index in [0.717, 1.165) is 25.0 Å². The first-order valence-electron chi connectivity index (χ1n) is 11.0. The third-order valence-electron chi connectivity index (χ3n) is 6.52. The van der Waals surface area contributed by atoms with Crippen molar-refractivity contribution in [3.05, 3.63) is 56.8 Å². The Bertz CT molecular complexity index is 1360. The number of carbonyl (C=O) groups excluding carboxylic acids is 1. The van der Waals surface area contributed by atoms with Crippen LogP contribution in [0.15, 0.2) is 29.1 Å². The minimum atomic E-state index is -0.528. The van der Waals surface area contributed by atoms with Crippen LogP contribution in [0.1, 0.15) is 35.4 Å². The van der Waals surface area contributed by atoms with Gasteiger partial charge in [0.2, 0.25) is 5.95 Å². The van der Waals surface area contributed by atoms with E-state index >= 15 is 0 Å². The SMILES string of the molecule is CSNC(=O)c1nc(Cl)ccc1NC(C)c1cc(F)cc2c(=O)n(C)c(N3CC4CC4C3)nc12. The molecular weight excluding hydrogens is 479 g/mol. The van der Waals surface area contributed by atoms with E-state index in [1.807, 2.05) is 6.92 Å². The summed E-state index contributed by atoms with van der Waals surface area (Å²) in [6.07, 6.45) is 2.96. The third-order valence-corrected chi connectivity index (χ3v) is 7.12. The van der Waals surface area contributed by atoms with Crippen LogP contribution in [-0.2, 0) is 7.05 Å². The highest BCUT2D eigenvalue weighted by Gasteiger charge is 2.46. The van der Waals surface area contributed by atoms with Crippen molar-refractivity contribution in [2.75, 3.05) is 29.6 Å². The summed E-state index contributed by atoms with van der Waals surface area (Å²) < 4.78 is 18.8. The minimum Gasteiger partial charge on any atom is -0.377 e. The number of anilines is 2. The van der Waals surface area contributed by atoms with E-state index in [2.05, 4.69) is 19.9 Å². The molecule has 1 aliphatic heterocycles. The Kier molecular flexibility index (Phi) is 5.89. The molecule has 1 saturated heterocycles. The molecule has 1 saturated carbocycles. The molecule has 0 bridgehead atoms. The standard InChI is InChI=1S/C23H24ClFN6O2S/c1-11(26-17-4-5-18(24)27-20(17)21(32)29-34-3)15-7-14(25)8-16-19(15)28-23(30(2)22(16)33)31-9-12-6-13(12)10-31/h4-5,7-8,11-13,26H,6,9-10H2,1-3H3,(H,29,32). The van der Waals surface area contributed by atoms with Gasteiger partial charge in [0.05, 0.1) is 22.6 Å². The van der Waals surface area contributed by atoms with Crippen molar-refractivity contribution in [2.24, 2.45) is 18.9 Å². The Labute approximate surface area is 205 Å². The summed E-state index contributed by atoms with van der Waals surface area (Å²) in [5.41, 5.74) is 1.23. The van der Waals surface area contributed by atoms with E-state index in [1.165, 1.54) is 23.1 Å². The van der Waals surface area contributed by atoms with Crippen molar-refractivity contribution in [3.8, 4) is 0 Å². The van der Waals surface area contributed by atoms with E-state index < -0.39 is 17.8 Å². The molecule has 3 heterocycles. The lowest BCUT2D eigenvalue weighted by molar-refractivity contribution is 0.0980. The zero-order valence-electron chi connectivity index (χ0n) is 18.9. The lowest BCUT2D eigenvalue weighted by atomic mass is 10.0. The minimum absolute atomic E-state index is 0.121. The number of pyridine rings is 1. The van der Waals surface area contributed by atoms with Gasteiger partial charge in [-0.3, -0.25) is 18.9 Å². The van der Waals surface area contributed by atoms with Crippen molar-refractivity contribution >= 4 is 52.0 Å².